The van der Waals surface area contributed by atoms with Crippen molar-refractivity contribution in [2.24, 2.45) is 11.8 Å². The molecule has 19 heavy (non-hydrogen) atoms. The SMILES string of the molecule is CC(C)CC(c1cc(O)cc(C(C)(C)C)c1)C(C)C. The lowest BCUT2D eigenvalue weighted by atomic mass is 9.79. The smallest absolute Gasteiger partial charge is 0.116 e. The lowest BCUT2D eigenvalue weighted by Gasteiger charge is -2.26. The zero-order valence-corrected chi connectivity index (χ0v) is 13.6. The molecule has 0 aliphatic rings. The maximum absolute atomic E-state index is 10.0. The third kappa shape index (κ3) is 4.56. The Morgan fingerprint density at radius 1 is 1.00 bits per heavy atom. The molecule has 1 unspecified atom stereocenters. The summed E-state index contributed by atoms with van der Waals surface area (Å²) in [7, 11) is 0. The highest BCUT2D eigenvalue weighted by Gasteiger charge is 2.21. The summed E-state index contributed by atoms with van der Waals surface area (Å²) in [5.74, 6) is 2.19. The molecular formula is C18H30O. The number of aromatic hydroxyl groups is 1. The first-order valence-electron chi connectivity index (χ1n) is 7.45. The molecule has 0 fully saturated rings. The second kappa shape index (κ2) is 5.98. The van der Waals surface area contributed by atoms with Crippen molar-refractivity contribution in [1.29, 1.82) is 0 Å². The fourth-order valence-corrected chi connectivity index (χ4v) is 2.58. The van der Waals surface area contributed by atoms with Gasteiger partial charge >= 0.3 is 0 Å². The molecule has 0 heterocycles. The minimum absolute atomic E-state index is 0.0762. The van der Waals surface area contributed by atoms with Gasteiger partial charge in [0, 0.05) is 0 Å². The van der Waals surface area contributed by atoms with Crippen LogP contribution in [0.15, 0.2) is 18.2 Å². The summed E-state index contributed by atoms with van der Waals surface area (Å²) in [6, 6.07) is 6.13. The molecule has 1 atom stereocenters. The molecule has 0 saturated carbocycles. The van der Waals surface area contributed by atoms with Crippen LogP contribution in [0.2, 0.25) is 0 Å². The van der Waals surface area contributed by atoms with E-state index in [9.17, 15) is 5.11 Å². The number of rotatable bonds is 4. The third-order valence-electron chi connectivity index (χ3n) is 3.76. The fraction of sp³-hybridized carbons (Fsp3) is 0.667. The van der Waals surface area contributed by atoms with Crippen molar-refractivity contribution < 1.29 is 5.11 Å². The minimum Gasteiger partial charge on any atom is -0.508 e. The molecule has 1 N–H and O–H groups in total. The summed E-state index contributed by atoms with van der Waals surface area (Å²) < 4.78 is 0. The number of phenolic OH excluding ortho intramolecular Hbond substituents is 1. The molecule has 1 nitrogen and oxygen atoms in total. The molecule has 1 aromatic carbocycles. The van der Waals surface area contributed by atoms with Gasteiger partial charge in [0.2, 0.25) is 0 Å². The summed E-state index contributed by atoms with van der Waals surface area (Å²) in [4.78, 5) is 0. The fourth-order valence-electron chi connectivity index (χ4n) is 2.58. The number of benzene rings is 1. The average molecular weight is 262 g/mol. The van der Waals surface area contributed by atoms with Crippen LogP contribution in [0.25, 0.3) is 0 Å². The number of hydrogen-bond acceptors (Lipinski definition) is 1. The van der Waals surface area contributed by atoms with E-state index in [1.807, 2.05) is 12.1 Å². The molecule has 0 saturated heterocycles. The predicted octanol–water partition coefficient (Wildman–Crippen LogP) is 5.48. The Labute approximate surface area is 119 Å². The molecule has 0 amide bonds. The molecule has 1 heteroatoms. The molecule has 0 aliphatic carbocycles. The summed E-state index contributed by atoms with van der Waals surface area (Å²) in [6.07, 6.45) is 1.17. The molecule has 0 aliphatic heterocycles. The van der Waals surface area contributed by atoms with E-state index in [0.29, 0.717) is 23.5 Å². The molecular weight excluding hydrogens is 232 g/mol. The molecule has 0 radical (unpaired) electrons. The van der Waals surface area contributed by atoms with Crippen molar-refractivity contribution in [3.63, 3.8) is 0 Å². The van der Waals surface area contributed by atoms with Crippen LogP contribution in [-0.4, -0.2) is 5.11 Å². The van der Waals surface area contributed by atoms with E-state index >= 15 is 0 Å². The summed E-state index contributed by atoms with van der Waals surface area (Å²) in [5, 5.41) is 10.0. The molecule has 0 aromatic heterocycles. The minimum atomic E-state index is 0.0762. The van der Waals surface area contributed by atoms with E-state index in [0.717, 1.165) is 0 Å². The molecule has 108 valence electrons. The highest BCUT2D eigenvalue weighted by Crippen LogP contribution is 2.36. The normalized spacial score (nSPS) is 14.2. The molecule has 0 spiro atoms. The van der Waals surface area contributed by atoms with Crippen LogP contribution >= 0.6 is 0 Å². The van der Waals surface area contributed by atoms with Gasteiger partial charge in [-0.1, -0.05) is 54.5 Å². The van der Waals surface area contributed by atoms with Gasteiger partial charge in [0.1, 0.15) is 5.75 Å². The Bertz CT molecular complexity index is 410. The van der Waals surface area contributed by atoms with Crippen molar-refractivity contribution >= 4 is 0 Å². The van der Waals surface area contributed by atoms with Crippen LogP contribution in [0.5, 0.6) is 5.75 Å². The van der Waals surface area contributed by atoms with Gasteiger partial charge in [-0.2, -0.15) is 0 Å². The maximum Gasteiger partial charge on any atom is 0.116 e. The second-order valence-electron chi connectivity index (χ2n) is 7.54. The summed E-state index contributed by atoms with van der Waals surface area (Å²) in [6.45, 7) is 15.7. The van der Waals surface area contributed by atoms with Gasteiger partial charge in [0.15, 0.2) is 0 Å². The Morgan fingerprint density at radius 2 is 1.58 bits per heavy atom. The van der Waals surface area contributed by atoms with Crippen LogP contribution in [0.1, 0.15) is 71.9 Å². The van der Waals surface area contributed by atoms with Crippen molar-refractivity contribution in [3.8, 4) is 5.75 Å². The standard InChI is InChI=1S/C18H30O/c1-12(2)8-17(13(3)4)14-9-15(18(5,6)7)11-16(19)10-14/h9-13,17,19H,8H2,1-7H3. The monoisotopic (exact) mass is 262 g/mol. The van der Waals surface area contributed by atoms with Gasteiger partial charge in [-0.05, 0) is 52.8 Å². The lowest BCUT2D eigenvalue weighted by Crippen LogP contribution is -2.14. The molecule has 1 aromatic rings. The van der Waals surface area contributed by atoms with Crippen molar-refractivity contribution in [2.45, 2.75) is 66.2 Å². The van der Waals surface area contributed by atoms with Gasteiger partial charge < -0.3 is 5.11 Å². The van der Waals surface area contributed by atoms with E-state index in [1.165, 1.54) is 17.5 Å². The van der Waals surface area contributed by atoms with E-state index in [2.05, 4.69) is 54.5 Å². The Morgan fingerprint density at radius 3 is 2.00 bits per heavy atom. The van der Waals surface area contributed by atoms with Gasteiger partial charge in [-0.3, -0.25) is 0 Å². The highest BCUT2D eigenvalue weighted by molar-refractivity contribution is 5.38. The first-order chi connectivity index (χ1) is 8.61. The van der Waals surface area contributed by atoms with Crippen LogP contribution in [-0.2, 0) is 5.41 Å². The van der Waals surface area contributed by atoms with Crippen LogP contribution in [0, 0.1) is 11.8 Å². The quantitative estimate of drug-likeness (QED) is 0.762. The zero-order chi connectivity index (χ0) is 14.8. The maximum atomic E-state index is 10.0. The van der Waals surface area contributed by atoms with Crippen molar-refractivity contribution in [3.05, 3.63) is 29.3 Å². The Kier molecular flexibility index (Phi) is 5.06. The Balaban J connectivity index is 3.20. The zero-order valence-electron chi connectivity index (χ0n) is 13.6. The topological polar surface area (TPSA) is 20.2 Å². The first kappa shape index (κ1) is 16.1. The van der Waals surface area contributed by atoms with Crippen LogP contribution in [0.4, 0.5) is 0 Å². The largest absolute Gasteiger partial charge is 0.508 e. The van der Waals surface area contributed by atoms with E-state index in [1.54, 1.807) is 0 Å². The highest BCUT2D eigenvalue weighted by atomic mass is 16.3. The lowest BCUT2D eigenvalue weighted by molar-refractivity contribution is 0.403. The van der Waals surface area contributed by atoms with Gasteiger partial charge in [0.25, 0.3) is 0 Å². The van der Waals surface area contributed by atoms with E-state index < -0.39 is 0 Å². The predicted molar refractivity (Wildman–Crippen MR) is 83.8 cm³/mol. The van der Waals surface area contributed by atoms with Crippen molar-refractivity contribution in [1.82, 2.24) is 0 Å². The average Bonchev–Trinajstić information content (AvgIpc) is 2.23. The van der Waals surface area contributed by atoms with Crippen molar-refractivity contribution in [2.75, 3.05) is 0 Å². The molecule has 0 bridgehead atoms. The third-order valence-corrected chi connectivity index (χ3v) is 3.76. The van der Waals surface area contributed by atoms with Crippen LogP contribution < -0.4 is 0 Å². The van der Waals surface area contributed by atoms with Gasteiger partial charge in [-0.15, -0.1) is 0 Å². The Hall–Kier alpha value is -0.980. The number of hydrogen-bond donors (Lipinski definition) is 1. The number of phenols is 1. The second-order valence-corrected chi connectivity index (χ2v) is 7.54. The molecule has 1 rings (SSSR count). The first-order valence-corrected chi connectivity index (χ1v) is 7.45. The summed E-state index contributed by atoms with van der Waals surface area (Å²) in [5.41, 5.74) is 2.58. The van der Waals surface area contributed by atoms with E-state index in [-0.39, 0.29) is 5.41 Å². The van der Waals surface area contributed by atoms with Gasteiger partial charge in [-0.25, -0.2) is 0 Å². The van der Waals surface area contributed by atoms with E-state index in [4.69, 9.17) is 0 Å². The van der Waals surface area contributed by atoms with Gasteiger partial charge in [0.05, 0.1) is 0 Å². The van der Waals surface area contributed by atoms with Crippen LogP contribution in [0.3, 0.4) is 0 Å². The summed E-state index contributed by atoms with van der Waals surface area (Å²) >= 11 is 0.